The molecule has 0 saturated carbocycles. The van der Waals surface area contributed by atoms with E-state index in [1.165, 1.54) is 30.0 Å². The molecule has 4 rings (SSSR count). The molecule has 0 atom stereocenters. The highest BCUT2D eigenvalue weighted by atomic mass is 35.5. The second-order valence-corrected chi connectivity index (χ2v) is 9.65. The van der Waals surface area contributed by atoms with Gasteiger partial charge in [0.25, 0.3) is 11.1 Å². The molecule has 30 heavy (non-hydrogen) atoms. The monoisotopic (exact) mass is 476 g/mol. The molecule has 4 aromatic rings. The van der Waals surface area contributed by atoms with Crippen molar-refractivity contribution in [1.29, 1.82) is 0 Å². The van der Waals surface area contributed by atoms with Gasteiger partial charge in [0.2, 0.25) is 5.91 Å². The van der Waals surface area contributed by atoms with Crippen molar-refractivity contribution in [3.8, 4) is 10.8 Å². The number of amides is 1. The molecule has 0 radical (unpaired) electrons. The summed E-state index contributed by atoms with van der Waals surface area (Å²) in [6, 6.07) is 7.73. The van der Waals surface area contributed by atoms with Gasteiger partial charge in [-0.3, -0.25) is 9.69 Å². The number of rotatable bonds is 6. The zero-order valence-corrected chi connectivity index (χ0v) is 19.6. The fraction of sp³-hybridized carbons (Fsp3) is 0.200. The first-order chi connectivity index (χ1) is 14.4. The lowest BCUT2D eigenvalue weighted by Gasteiger charge is -2.22. The molecule has 0 fully saturated rings. The van der Waals surface area contributed by atoms with Crippen molar-refractivity contribution in [2.45, 2.75) is 31.7 Å². The summed E-state index contributed by atoms with van der Waals surface area (Å²) in [6.07, 6.45) is 0. The topological polar surface area (TPSA) is 72.1 Å². The molecule has 0 spiro atoms. The molecule has 1 aromatic carbocycles. The Morgan fingerprint density at radius 3 is 2.80 bits per heavy atom. The molecule has 0 saturated heterocycles. The third-order valence-electron chi connectivity index (χ3n) is 4.15. The van der Waals surface area contributed by atoms with Gasteiger partial charge in [0.1, 0.15) is 0 Å². The highest BCUT2D eigenvalue weighted by Crippen LogP contribution is 2.38. The number of hydrogen-bond donors (Lipinski definition) is 0. The lowest BCUT2D eigenvalue weighted by Crippen LogP contribution is -2.24. The lowest BCUT2D eigenvalue weighted by molar-refractivity contribution is -0.115. The fourth-order valence-corrected chi connectivity index (χ4v) is 5.63. The predicted octanol–water partition coefficient (Wildman–Crippen LogP) is 6.50. The molecule has 1 amide bonds. The Kier molecular flexibility index (Phi) is 6.24. The number of hydrogen-bond acceptors (Lipinski definition) is 8. The number of nitrogens with zero attached hydrogens (tertiary/aromatic N) is 4. The van der Waals surface area contributed by atoms with Gasteiger partial charge in [-0.25, -0.2) is 4.98 Å². The van der Waals surface area contributed by atoms with E-state index < -0.39 is 0 Å². The Morgan fingerprint density at radius 2 is 2.10 bits per heavy atom. The largest absolute Gasteiger partial charge is 0.410 e. The van der Waals surface area contributed by atoms with Crippen LogP contribution >= 0.6 is 46.0 Å². The van der Waals surface area contributed by atoms with Crippen LogP contribution in [0.4, 0.5) is 10.8 Å². The highest BCUT2D eigenvalue weighted by Gasteiger charge is 2.23. The van der Waals surface area contributed by atoms with Gasteiger partial charge < -0.3 is 4.42 Å². The molecule has 0 N–H and O–H groups in total. The minimum Gasteiger partial charge on any atom is -0.410 e. The van der Waals surface area contributed by atoms with Gasteiger partial charge in [0, 0.05) is 18.1 Å². The van der Waals surface area contributed by atoms with Gasteiger partial charge in [-0.2, -0.15) is 0 Å². The Hall–Kier alpha value is -2.20. The van der Waals surface area contributed by atoms with E-state index in [2.05, 4.69) is 15.2 Å². The summed E-state index contributed by atoms with van der Waals surface area (Å²) in [5.74, 6) is 0.920. The number of halogens is 1. The van der Waals surface area contributed by atoms with Crippen LogP contribution in [0.5, 0.6) is 0 Å². The van der Waals surface area contributed by atoms with E-state index in [-0.39, 0.29) is 5.91 Å². The Bertz CT molecular complexity index is 1160. The first-order valence-corrected chi connectivity index (χ1v) is 12.1. The van der Waals surface area contributed by atoms with E-state index in [0.29, 0.717) is 32.7 Å². The van der Waals surface area contributed by atoms with E-state index in [0.717, 1.165) is 21.7 Å². The van der Waals surface area contributed by atoms with Crippen LogP contribution in [0.15, 0.2) is 44.7 Å². The molecule has 0 unspecified atom stereocenters. The van der Waals surface area contributed by atoms with E-state index in [9.17, 15) is 4.79 Å². The van der Waals surface area contributed by atoms with E-state index in [1.54, 1.807) is 16.2 Å². The second kappa shape index (κ2) is 8.89. The third-order valence-corrected chi connectivity index (χ3v) is 7.02. The van der Waals surface area contributed by atoms with Crippen molar-refractivity contribution >= 4 is 62.8 Å². The molecule has 0 aliphatic heterocycles. The molecule has 0 bridgehead atoms. The van der Waals surface area contributed by atoms with Crippen molar-refractivity contribution in [1.82, 2.24) is 15.2 Å². The van der Waals surface area contributed by atoms with Crippen molar-refractivity contribution in [2.24, 2.45) is 0 Å². The number of thiophene rings is 1. The average Bonchev–Trinajstić information content (AvgIpc) is 3.44. The normalized spacial score (nSPS) is 11.1. The molecular formula is C20H17ClN4O2S3. The number of thiazole rings is 1. The number of anilines is 2. The van der Waals surface area contributed by atoms with E-state index in [4.69, 9.17) is 16.0 Å². The van der Waals surface area contributed by atoms with Gasteiger partial charge in [0.15, 0.2) is 5.13 Å². The first-order valence-electron chi connectivity index (χ1n) is 8.94. The maximum Gasteiger partial charge on any atom is 0.277 e. The van der Waals surface area contributed by atoms with Crippen molar-refractivity contribution < 1.29 is 9.21 Å². The smallest absolute Gasteiger partial charge is 0.277 e. The van der Waals surface area contributed by atoms with Crippen LogP contribution in [-0.4, -0.2) is 21.1 Å². The molecule has 154 valence electrons. The highest BCUT2D eigenvalue weighted by molar-refractivity contribution is 7.98. The Labute approximate surface area is 190 Å². The van der Waals surface area contributed by atoms with Crippen LogP contribution < -0.4 is 4.90 Å². The minimum atomic E-state index is -0.144. The summed E-state index contributed by atoms with van der Waals surface area (Å²) in [7, 11) is 0. The van der Waals surface area contributed by atoms with Gasteiger partial charge in [-0.05, 0) is 42.5 Å². The van der Waals surface area contributed by atoms with E-state index in [1.807, 2.05) is 48.9 Å². The van der Waals surface area contributed by atoms with E-state index >= 15 is 0 Å². The lowest BCUT2D eigenvalue weighted by atomic mass is 10.1. The zero-order chi connectivity index (χ0) is 21.3. The summed E-state index contributed by atoms with van der Waals surface area (Å²) in [5.41, 5.74) is 3.46. The molecule has 10 heteroatoms. The minimum absolute atomic E-state index is 0.144. The number of carbonyl (C=O) groups excluding carboxylic acids is 1. The summed E-state index contributed by atoms with van der Waals surface area (Å²) >= 11 is 10.8. The number of carbonyl (C=O) groups is 1. The van der Waals surface area contributed by atoms with Crippen LogP contribution in [0.1, 0.15) is 23.7 Å². The SMILES string of the molecule is CC(=O)N(c1nc(CSc2nnc(-c3cccs3)o2)cs1)c1c(C)cc(C)cc1Cl. The van der Waals surface area contributed by atoms with Gasteiger partial charge in [-0.15, -0.1) is 32.9 Å². The zero-order valence-electron chi connectivity index (χ0n) is 16.4. The fourth-order valence-electron chi connectivity index (χ4n) is 2.95. The maximum atomic E-state index is 12.4. The molecule has 0 aliphatic carbocycles. The number of aryl methyl sites for hydroxylation is 2. The second-order valence-electron chi connectivity index (χ2n) is 6.53. The van der Waals surface area contributed by atoms with Crippen LogP contribution in [-0.2, 0) is 10.5 Å². The predicted molar refractivity (Wildman–Crippen MR) is 123 cm³/mol. The molecule has 0 aliphatic rings. The third kappa shape index (κ3) is 4.44. The van der Waals surface area contributed by atoms with Crippen LogP contribution in [0, 0.1) is 13.8 Å². The Morgan fingerprint density at radius 1 is 1.27 bits per heavy atom. The maximum absolute atomic E-state index is 12.4. The molecular weight excluding hydrogens is 460 g/mol. The van der Waals surface area contributed by atoms with Gasteiger partial charge in [-0.1, -0.05) is 35.5 Å². The molecule has 3 heterocycles. The van der Waals surface area contributed by atoms with Crippen molar-refractivity contribution in [3.63, 3.8) is 0 Å². The summed E-state index contributed by atoms with van der Waals surface area (Å²) in [4.78, 5) is 19.6. The first kappa shape index (κ1) is 21.0. The number of aromatic nitrogens is 3. The quantitative estimate of drug-likeness (QED) is 0.296. The standard InChI is InChI=1S/C20H17ClN4O2S3/c1-11-7-12(2)17(15(21)8-11)25(13(3)26)19-22-14(9-29-19)10-30-20-24-23-18(27-20)16-5-4-6-28-16/h4-9H,10H2,1-3H3. The molecule has 3 aromatic heterocycles. The van der Waals surface area contributed by atoms with Crippen LogP contribution in [0.25, 0.3) is 10.8 Å². The summed E-state index contributed by atoms with van der Waals surface area (Å²) in [6.45, 7) is 5.42. The summed E-state index contributed by atoms with van der Waals surface area (Å²) in [5, 5.41) is 13.6. The average molecular weight is 477 g/mol. The number of benzene rings is 1. The van der Waals surface area contributed by atoms with Crippen LogP contribution in [0.2, 0.25) is 5.02 Å². The molecule has 6 nitrogen and oxygen atoms in total. The number of thioether (sulfide) groups is 1. The van der Waals surface area contributed by atoms with Crippen molar-refractivity contribution in [2.75, 3.05) is 4.90 Å². The Balaban J connectivity index is 1.52. The van der Waals surface area contributed by atoms with Gasteiger partial charge in [0.05, 0.1) is 21.3 Å². The van der Waals surface area contributed by atoms with Gasteiger partial charge >= 0.3 is 0 Å². The van der Waals surface area contributed by atoms with Crippen LogP contribution in [0.3, 0.4) is 0 Å². The van der Waals surface area contributed by atoms with Crippen molar-refractivity contribution in [3.05, 3.63) is 56.9 Å². The summed E-state index contributed by atoms with van der Waals surface area (Å²) < 4.78 is 5.70.